The van der Waals surface area contributed by atoms with Crippen LogP contribution < -0.4 is 15.8 Å². The third kappa shape index (κ3) is 3.00. The minimum Gasteiger partial charge on any atom is -0.497 e. The lowest BCUT2D eigenvalue weighted by Crippen LogP contribution is -2.14. The van der Waals surface area contributed by atoms with Crippen LogP contribution in [0.3, 0.4) is 0 Å². The highest BCUT2D eigenvalue weighted by Crippen LogP contribution is 2.22. The second-order valence-corrected chi connectivity index (χ2v) is 4.90. The van der Waals surface area contributed by atoms with Crippen LogP contribution in [0.15, 0.2) is 42.7 Å². The molecular formula is C15H16N6O2. The number of carbonyl (C=O) groups excluding carboxylic acids is 1. The second-order valence-electron chi connectivity index (χ2n) is 4.90. The highest BCUT2D eigenvalue weighted by Gasteiger charge is 2.16. The number of hydrogen-bond acceptors (Lipinski definition) is 5. The number of aromatic nitrogens is 4. The molecule has 3 rings (SSSR count). The van der Waals surface area contributed by atoms with Crippen molar-refractivity contribution in [2.75, 3.05) is 12.4 Å². The van der Waals surface area contributed by atoms with Crippen LogP contribution in [-0.2, 0) is 7.05 Å². The van der Waals surface area contributed by atoms with Crippen molar-refractivity contribution in [1.29, 1.82) is 0 Å². The maximum absolute atomic E-state index is 11.6. The molecule has 0 unspecified atom stereocenters. The quantitative estimate of drug-likeness (QED) is 0.743. The molecule has 118 valence electrons. The standard InChI is InChI=1S/C15H16N6O2/c1-20-7-6-13(18-20)17-12-9-21(19-14(12)15(16)22)10-4-3-5-11(8-10)23-2/h3-9H,1-2H3,(H2,16,22)(H,17,18). The molecule has 0 radical (unpaired) electrons. The van der Waals surface area contributed by atoms with Crippen LogP contribution in [0.4, 0.5) is 11.5 Å². The van der Waals surface area contributed by atoms with E-state index in [1.54, 1.807) is 42.0 Å². The summed E-state index contributed by atoms with van der Waals surface area (Å²) in [7, 11) is 3.39. The number of hydrogen-bond donors (Lipinski definition) is 2. The molecule has 2 aromatic heterocycles. The van der Waals surface area contributed by atoms with Gasteiger partial charge in [0.2, 0.25) is 0 Å². The lowest BCUT2D eigenvalue weighted by Gasteiger charge is -2.03. The van der Waals surface area contributed by atoms with Gasteiger partial charge >= 0.3 is 0 Å². The van der Waals surface area contributed by atoms with E-state index >= 15 is 0 Å². The Morgan fingerprint density at radius 2 is 2.13 bits per heavy atom. The zero-order chi connectivity index (χ0) is 16.4. The number of aryl methyl sites for hydroxylation is 1. The molecule has 3 N–H and O–H groups in total. The van der Waals surface area contributed by atoms with Crippen LogP contribution in [-0.4, -0.2) is 32.6 Å². The summed E-state index contributed by atoms with van der Waals surface area (Å²) >= 11 is 0. The van der Waals surface area contributed by atoms with Crippen molar-refractivity contribution in [2.24, 2.45) is 12.8 Å². The van der Waals surface area contributed by atoms with Crippen molar-refractivity contribution in [1.82, 2.24) is 19.6 Å². The Balaban J connectivity index is 1.99. The fraction of sp³-hybridized carbons (Fsp3) is 0.133. The van der Waals surface area contributed by atoms with Crippen molar-refractivity contribution < 1.29 is 9.53 Å². The molecule has 8 nitrogen and oxygen atoms in total. The third-order valence-corrected chi connectivity index (χ3v) is 3.24. The maximum atomic E-state index is 11.6. The van der Waals surface area contributed by atoms with Gasteiger partial charge in [-0.15, -0.1) is 0 Å². The van der Waals surface area contributed by atoms with Gasteiger partial charge in [-0.1, -0.05) is 6.07 Å². The van der Waals surface area contributed by atoms with Crippen molar-refractivity contribution in [3.63, 3.8) is 0 Å². The minimum atomic E-state index is -0.620. The smallest absolute Gasteiger partial charge is 0.271 e. The molecule has 2 heterocycles. The first-order chi connectivity index (χ1) is 11.1. The van der Waals surface area contributed by atoms with Gasteiger partial charge in [-0.2, -0.15) is 10.2 Å². The largest absolute Gasteiger partial charge is 0.497 e. The highest BCUT2D eigenvalue weighted by molar-refractivity contribution is 5.97. The summed E-state index contributed by atoms with van der Waals surface area (Å²) in [6.45, 7) is 0. The van der Waals surface area contributed by atoms with Gasteiger partial charge in [0.15, 0.2) is 11.5 Å². The Bertz CT molecular complexity index is 851. The van der Waals surface area contributed by atoms with E-state index in [2.05, 4.69) is 15.5 Å². The number of carbonyl (C=O) groups is 1. The first kappa shape index (κ1) is 14.6. The molecule has 0 aliphatic carbocycles. The van der Waals surface area contributed by atoms with Gasteiger partial charge < -0.3 is 15.8 Å². The number of amides is 1. The molecule has 1 amide bonds. The van der Waals surface area contributed by atoms with E-state index in [0.29, 0.717) is 17.3 Å². The topological polar surface area (TPSA) is 100.0 Å². The number of nitrogens with two attached hydrogens (primary N) is 1. The molecule has 0 saturated heterocycles. The van der Waals surface area contributed by atoms with Crippen LogP contribution in [0.25, 0.3) is 5.69 Å². The first-order valence-electron chi connectivity index (χ1n) is 6.87. The van der Waals surface area contributed by atoms with E-state index in [0.717, 1.165) is 5.69 Å². The zero-order valence-corrected chi connectivity index (χ0v) is 12.7. The number of anilines is 2. The average molecular weight is 312 g/mol. The summed E-state index contributed by atoms with van der Waals surface area (Å²) in [6, 6.07) is 9.11. The van der Waals surface area contributed by atoms with Gasteiger partial charge in [0.25, 0.3) is 5.91 Å². The van der Waals surface area contributed by atoms with Crippen molar-refractivity contribution in [2.45, 2.75) is 0 Å². The average Bonchev–Trinajstić information content (AvgIpc) is 3.14. The molecule has 3 aromatic rings. The monoisotopic (exact) mass is 312 g/mol. The van der Waals surface area contributed by atoms with Crippen LogP contribution in [0.5, 0.6) is 5.75 Å². The molecule has 8 heteroatoms. The summed E-state index contributed by atoms with van der Waals surface area (Å²) in [6.07, 6.45) is 3.47. The summed E-state index contributed by atoms with van der Waals surface area (Å²) in [4.78, 5) is 11.6. The van der Waals surface area contributed by atoms with E-state index in [-0.39, 0.29) is 5.69 Å². The Kier molecular flexibility index (Phi) is 3.71. The molecular weight excluding hydrogens is 296 g/mol. The predicted octanol–water partition coefficient (Wildman–Crippen LogP) is 1.46. The van der Waals surface area contributed by atoms with Crippen LogP contribution in [0.1, 0.15) is 10.5 Å². The summed E-state index contributed by atoms with van der Waals surface area (Å²) < 4.78 is 8.41. The minimum absolute atomic E-state index is 0.137. The number of primary amides is 1. The SMILES string of the molecule is COc1cccc(-n2cc(Nc3ccn(C)n3)c(C(N)=O)n2)c1. The fourth-order valence-electron chi connectivity index (χ4n) is 2.15. The number of benzene rings is 1. The molecule has 23 heavy (non-hydrogen) atoms. The summed E-state index contributed by atoms with van der Waals surface area (Å²) in [5, 5.41) is 11.5. The Hall–Kier alpha value is -3.29. The first-order valence-corrected chi connectivity index (χ1v) is 6.87. The molecule has 0 aliphatic rings. The van der Waals surface area contributed by atoms with Gasteiger partial charge in [0.05, 0.1) is 24.7 Å². The van der Waals surface area contributed by atoms with Gasteiger partial charge in [-0.05, 0) is 12.1 Å². The fourth-order valence-corrected chi connectivity index (χ4v) is 2.15. The molecule has 1 aromatic carbocycles. The molecule has 0 atom stereocenters. The molecule has 0 aliphatic heterocycles. The molecule has 0 saturated carbocycles. The van der Waals surface area contributed by atoms with Crippen LogP contribution in [0.2, 0.25) is 0 Å². The molecule has 0 spiro atoms. The number of ether oxygens (including phenoxy) is 1. The molecule has 0 bridgehead atoms. The Labute approximate surface area is 132 Å². The van der Waals surface area contributed by atoms with Crippen molar-refractivity contribution in [3.8, 4) is 11.4 Å². The van der Waals surface area contributed by atoms with Crippen LogP contribution in [0, 0.1) is 0 Å². The summed E-state index contributed by atoms with van der Waals surface area (Å²) in [5.41, 5.74) is 6.79. The van der Waals surface area contributed by atoms with Gasteiger partial charge in [0.1, 0.15) is 5.75 Å². The Morgan fingerprint density at radius 1 is 1.30 bits per heavy atom. The van der Waals surface area contributed by atoms with Gasteiger partial charge in [-0.25, -0.2) is 4.68 Å². The van der Waals surface area contributed by atoms with Gasteiger partial charge in [-0.3, -0.25) is 9.48 Å². The second kappa shape index (κ2) is 5.84. The third-order valence-electron chi connectivity index (χ3n) is 3.24. The van der Waals surface area contributed by atoms with E-state index < -0.39 is 5.91 Å². The van der Waals surface area contributed by atoms with Crippen LogP contribution >= 0.6 is 0 Å². The number of methoxy groups -OCH3 is 1. The van der Waals surface area contributed by atoms with E-state index in [1.165, 1.54) is 0 Å². The Morgan fingerprint density at radius 3 is 2.78 bits per heavy atom. The number of nitrogens with zero attached hydrogens (tertiary/aromatic N) is 4. The predicted molar refractivity (Wildman–Crippen MR) is 85.1 cm³/mol. The lowest BCUT2D eigenvalue weighted by molar-refractivity contribution is 0.0996. The zero-order valence-electron chi connectivity index (χ0n) is 12.7. The van der Waals surface area contributed by atoms with E-state index in [9.17, 15) is 4.79 Å². The lowest BCUT2D eigenvalue weighted by atomic mass is 10.3. The van der Waals surface area contributed by atoms with Gasteiger partial charge in [0, 0.05) is 25.4 Å². The normalized spacial score (nSPS) is 10.5. The van der Waals surface area contributed by atoms with Crippen molar-refractivity contribution >= 4 is 17.4 Å². The highest BCUT2D eigenvalue weighted by atomic mass is 16.5. The molecule has 0 fully saturated rings. The van der Waals surface area contributed by atoms with E-state index in [4.69, 9.17) is 10.5 Å². The van der Waals surface area contributed by atoms with E-state index in [1.807, 2.05) is 24.3 Å². The number of rotatable bonds is 5. The summed E-state index contributed by atoms with van der Waals surface area (Å²) in [5.74, 6) is 0.670. The maximum Gasteiger partial charge on any atom is 0.271 e. The number of nitrogens with one attached hydrogen (secondary N) is 1. The van der Waals surface area contributed by atoms with Crippen molar-refractivity contribution in [3.05, 3.63) is 48.4 Å².